The van der Waals surface area contributed by atoms with Crippen molar-refractivity contribution < 1.29 is 4.79 Å². The third-order valence-electron chi connectivity index (χ3n) is 2.07. The second-order valence-corrected chi connectivity index (χ2v) is 3.78. The van der Waals surface area contributed by atoms with Crippen molar-refractivity contribution in [3.63, 3.8) is 0 Å². The fourth-order valence-corrected chi connectivity index (χ4v) is 1.53. The van der Waals surface area contributed by atoms with Crippen molar-refractivity contribution in [2.45, 2.75) is 6.92 Å². The molecule has 0 fully saturated rings. The van der Waals surface area contributed by atoms with Gasteiger partial charge in [0.15, 0.2) is 5.82 Å². The van der Waals surface area contributed by atoms with Gasteiger partial charge in [-0.25, -0.2) is 0 Å². The number of nitrogens with one attached hydrogen (secondary N) is 2. The number of H-pyrrole nitrogens is 1. The van der Waals surface area contributed by atoms with Crippen LogP contribution in [0.5, 0.6) is 0 Å². The van der Waals surface area contributed by atoms with Crippen molar-refractivity contribution in [2.75, 3.05) is 5.32 Å². The first-order chi connectivity index (χ1) is 7.66. The number of benzene rings is 1. The molecule has 0 unspecified atom stereocenters. The van der Waals surface area contributed by atoms with Crippen LogP contribution in [-0.2, 0) is 0 Å². The molecule has 0 atom stereocenters. The number of aromatic amines is 1. The van der Waals surface area contributed by atoms with Crippen LogP contribution in [0.25, 0.3) is 0 Å². The van der Waals surface area contributed by atoms with Gasteiger partial charge in [-0.3, -0.25) is 9.89 Å². The zero-order chi connectivity index (χ0) is 11.5. The predicted octanol–water partition coefficient (Wildman–Crippen LogP) is 2.62. The lowest BCUT2D eigenvalue weighted by molar-refractivity contribution is 0.102. The Kier molecular flexibility index (Phi) is 2.92. The fraction of sp³-hybridized carbons (Fsp3) is 0.0909. The molecule has 1 aromatic carbocycles. The van der Waals surface area contributed by atoms with Crippen molar-refractivity contribution in [3.05, 3.63) is 46.6 Å². The third-order valence-corrected chi connectivity index (χ3v) is 2.40. The standard InChI is InChI=1S/C11H10ClN3O/c1-7-6-10(15-14-7)13-11(16)8-4-2-3-5-9(8)12/h2-6H,1H3,(H2,13,14,15,16). The number of anilines is 1. The van der Waals surface area contributed by atoms with Gasteiger partial charge < -0.3 is 5.32 Å². The van der Waals surface area contributed by atoms with E-state index in [9.17, 15) is 4.79 Å². The highest BCUT2D eigenvalue weighted by Crippen LogP contribution is 2.16. The summed E-state index contributed by atoms with van der Waals surface area (Å²) in [5.41, 5.74) is 1.32. The molecule has 5 heteroatoms. The van der Waals surface area contributed by atoms with Crippen molar-refractivity contribution in [1.82, 2.24) is 10.2 Å². The van der Waals surface area contributed by atoms with Crippen LogP contribution in [0.3, 0.4) is 0 Å². The Hall–Kier alpha value is -1.81. The summed E-state index contributed by atoms with van der Waals surface area (Å²) in [5, 5.41) is 9.73. The van der Waals surface area contributed by atoms with E-state index in [1.54, 1.807) is 30.3 Å². The molecule has 1 aromatic heterocycles. The first kappa shape index (κ1) is 10.7. The smallest absolute Gasteiger partial charge is 0.258 e. The Labute approximate surface area is 97.6 Å². The minimum atomic E-state index is -0.267. The van der Waals surface area contributed by atoms with Gasteiger partial charge in [0, 0.05) is 11.8 Å². The normalized spacial score (nSPS) is 10.1. The molecule has 0 aliphatic carbocycles. The second-order valence-electron chi connectivity index (χ2n) is 3.37. The minimum Gasteiger partial charge on any atom is -0.305 e. The molecule has 0 saturated heterocycles. The first-order valence-corrected chi connectivity index (χ1v) is 5.12. The van der Waals surface area contributed by atoms with E-state index in [4.69, 9.17) is 11.6 Å². The third kappa shape index (κ3) is 2.23. The number of carbonyl (C=O) groups is 1. The van der Waals surface area contributed by atoms with Crippen LogP contribution < -0.4 is 5.32 Å². The van der Waals surface area contributed by atoms with Crippen LogP contribution in [0, 0.1) is 6.92 Å². The summed E-state index contributed by atoms with van der Waals surface area (Å²) in [5.74, 6) is 0.222. The monoisotopic (exact) mass is 235 g/mol. The van der Waals surface area contributed by atoms with Crippen LogP contribution in [0.1, 0.15) is 16.1 Å². The van der Waals surface area contributed by atoms with Gasteiger partial charge in [-0.1, -0.05) is 23.7 Å². The summed E-state index contributed by atoms with van der Waals surface area (Å²) in [6.45, 7) is 1.86. The lowest BCUT2D eigenvalue weighted by Gasteiger charge is -2.03. The van der Waals surface area contributed by atoms with E-state index in [0.29, 0.717) is 16.4 Å². The molecule has 1 amide bonds. The Morgan fingerprint density at radius 1 is 1.44 bits per heavy atom. The lowest BCUT2D eigenvalue weighted by Crippen LogP contribution is -2.12. The number of amides is 1. The number of aryl methyl sites for hydroxylation is 1. The zero-order valence-electron chi connectivity index (χ0n) is 8.62. The van der Waals surface area contributed by atoms with E-state index in [-0.39, 0.29) is 5.91 Å². The van der Waals surface area contributed by atoms with Crippen LogP contribution >= 0.6 is 11.6 Å². The van der Waals surface area contributed by atoms with Crippen molar-refractivity contribution in [3.8, 4) is 0 Å². The summed E-state index contributed by atoms with van der Waals surface area (Å²) in [4.78, 5) is 11.8. The summed E-state index contributed by atoms with van der Waals surface area (Å²) >= 11 is 5.90. The number of hydrogen-bond acceptors (Lipinski definition) is 2. The van der Waals surface area contributed by atoms with Gasteiger partial charge in [-0.05, 0) is 19.1 Å². The van der Waals surface area contributed by atoms with Gasteiger partial charge in [-0.15, -0.1) is 0 Å². The molecule has 1 heterocycles. The van der Waals surface area contributed by atoms with Crippen molar-refractivity contribution in [2.24, 2.45) is 0 Å². The van der Waals surface area contributed by atoms with Gasteiger partial charge in [0.25, 0.3) is 5.91 Å². The van der Waals surface area contributed by atoms with Crippen LogP contribution in [0.4, 0.5) is 5.82 Å². The first-order valence-electron chi connectivity index (χ1n) is 4.75. The lowest BCUT2D eigenvalue weighted by atomic mass is 10.2. The number of carbonyl (C=O) groups excluding carboxylic acids is 1. The van der Waals surface area contributed by atoms with Crippen LogP contribution in [-0.4, -0.2) is 16.1 Å². The maximum absolute atomic E-state index is 11.8. The quantitative estimate of drug-likeness (QED) is 0.841. The summed E-state index contributed by atoms with van der Waals surface area (Å²) in [6, 6.07) is 8.62. The Bertz CT molecular complexity index is 521. The molecule has 0 radical (unpaired) electrons. The maximum Gasteiger partial charge on any atom is 0.258 e. The Morgan fingerprint density at radius 2 is 2.19 bits per heavy atom. The number of rotatable bonds is 2. The van der Waals surface area contributed by atoms with E-state index in [1.165, 1.54) is 0 Å². The molecule has 0 bridgehead atoms. The Balaban J connectivity index is 2.18. The highest BCUT2D eigenvalue weighted by Gasteiger charge is 2.10. The predicted molar refractivity (Wildman–Crippen MR) is 62.7 cm³/mol. The minimum absolute atomic E-state index is 0.267. The largest absolute Gasteiger partial charge is 0.305 e. The molecule has 0 spiro atoms. The highest BCUT2D eigenvalue weighted by atomic mass is 35.5. The molecule has 16 heavy (non-hydrogen) atoms. The maximum atomic E-state index is 11.8. The number of halogens is 1. The molecular weight excluding hydrogens is 226 g/mol. The average molecular weight is 236 g/mol. The van der Waals surface area contributed by atoms with Crippen molar-refractivity contribution in [1.29, 1.82) is 0 Å². The van der Waals surface area contributed by atoms with E-state index in [1.807, 2.05) is 6.92 Å². The molecule has 0 aliphatic rings. The van der Waals surface area contributed by atoms with Crippen molar-refractivity contribution >= 4 is 23.3 Å². The fourth-order valence-electron chi connectivity index (χ4n) is 1.31. The van der Waals surface area contributed by atoms with Gasteiger partial charge in [0.2, 0.25) is 0 Å². The molecule has 2 aromatic rings. The van der Waals surface area contributed by atoms with E-state index >= 15 is 0 Å². The highest BCUT2D eigenvalue weighted by molar-refractivity contribution is 6.34. The van der Waals surface area contributed by atoms with Gasteiger partial charge >= 0.3 is 0 Å². The van der Waals surface area contributed by atoms with Gasteiger partial charge in [0.05, 0.1) is 10.6 Å². The molecule has 2 N–H and O–H groups in total. The number of hydrogen-bond donors (Lipinski definition) is 2. The summed E-state index contributed by atoms with van der Waals surface area (Å²) in [6.07, 6.45) is 0. The molecule has 2 rings (SSSR count). The molecule has 4 nitrogen and oxygen atoms in total. The Morgan fingerprint density at radius 3 is 2.81 bits per heavy atom. The van der Waals surface area contributed by atoms with Gasteiger partial charge in [-0.2, -0.15) is 5.10 Å². The van der Waals surface area contributed by atoms with E-state index in [2.05, 4.69) is 15.5 Å². The topological polar surface area (TPSA) is 57.8 Å². The SMILES string of the molecule is Cc1cc(NC(=O)c2ccccc2Cl)n[nH]1. The second kappa shape index (κ2) is 4.37. The van der Waals surface area contributed by atoms with E-state index < -0.39 is 0 Å². The summed E-state index contributed by atoms with van der Waals surface area (Å²) < 4.78 is 0. The molecule has 0 saturated carbocycles. The molecular formula is C11H10ClN3O. The zero-order valence-corrected chi connectivity index (χ0v) is 9.38. The number of aromatic nitrogens is 2. The average Bonchev–Trinajstić information content (AvgIpc) is 2.64. The summed E-state index contributed by atoms with van der Waals surface area (Å²) in [7, 11) is 0. The molecule has 0 aliphatic heterocycles. The van der Waals surface area contributed by atoms with Crippen LogP contribution in [0.2, 0.25) is 5.02 Å². The van der Waals surface area contributed by atoms with Crippen LogP contribution in [0.15, 0.2) is 30.3 Å². The van der Waals surface area contributed by atoms with E-state index in [0.717, 1.165) is 5.69 Å². The number of nitrogens with zero attached hydrogens (tertiary/aromatic N) is 1. The molecule has 82 valence electrons. The van der Waals surface area contributed by atoms with Gasteiger partial charge in [0.1, 0.15) is 0 Å².